The van der Waals surface area contributed by atoms with Crippen LogP contribution in [0.3, 0.4) is 0 Å². The van der Waals surface area contributed by atoms with Gasteiger partial charge in [0.2, 0.25) is 0 Å². The van der Waals surface area contributed by atoms with Crippen molar-refractivity contribution in [2.24, 2.45) is 0 Å². The first-order valence-corrected chi connectivity index (χ1v) is 7.22. The number of aromatic nitrogens is 3. The Labute approximate surface area is 112 Å². The van der Waals surface area contributed by atoms with E-state index in [2.05, 4.69) is 38.5 Å². The fourth-order valence-electron chi connectivity index (χ4n) is 2.06. The summed E-state index contributed by atoms with van der Waals surface area (Å²) in [5.41, 5.74) is 2.35. The number of rotatable bonds is 6. The number of nitrogens with one attached hydrogen (secondary N) is 1. The predicted octanol–water partition coefficient (Wildman–Crippen LogP) is 2.56. The third kappa shape index (κ3) is 2.97. The average Bonchev–Trinajstić information content (AvgIpc) is 2.96. The normalized spacial score (nSPS) is 12.8. The van der Waals surface area contributed by atoms with Crippen LogP contribution in [0, 0.1) is 6.92 Å². The van der Waals surface area contributed by atoms with Crippen molar-refractivity contribution >= 4 is 11.3 Å². The molecule has 0 saturated carbocycles. The number of hydrogen-bond acceptors (Lipinski definition) is 4. The molecule has 0 aromatic carbocycles. The zero-order chi connectivity index (χ0) is 13.0. The summed E-state index contributed by atoms with van der Waals surface area (Å²) in [7, 11) is 1.99. The minimum Gasteiger partial charge on any atom is -0.311 e. The molecular weight excluding hydrogens is 244 g/mol. The molecule has 2 aromatic heterocycles. The third-order valence-corrected chi connectivity index (χ3v) is 3.92. The molecule has 0 spiro atoms. The Kier molecular flexibility index (Phi) is 4.49. The van der Waals surface area contributed by atoms with Crippen molar-refractivity contribution in [2.75, 3.05) is 7.05 Å². The maximum Gasteiger partial charge on any atom is 0.0947 e. The van der Waals surface area contributed by atoms with E-state index < -0.39 is 0 Å². The molecule has 2 heterocycles. The molecule has 2 aromatic rings. The highest BCUT2D eigenvalue weighted by molar-refractivity contribution is 7.09. The molecular formula is C13H20N4S. The summed E-state index contributed by atoms with van der Waals surface area (Å²) in [5.74, 6) is 0. The Balaban J connectivity index is 2.14. The molecule has 0 amide bonds. The summed E-state index contributed by atoms with van der Waals surface area (Å²) in [6.07, 6.45) is 3.90. The molecule has 98 valence electrons. The number of thiazole rings is 1. The summed E-state index contributed by atoms with van der Waals surface area (Å²) in [4.78, 5) is 4.53. The van der Waals surface area contributed by atoms with Gasteiger partial charge in [-0.3, -0.25) is 4.68 Å². The topological polar surface area (TPSA) is 42.7 Å². The lowest BCUT2D eigenvalue weighted by atomic mass is 10.1. The molecule has 0 fully saturated rings. The summed E-state index contributed by atoms with van der Waals surface area (Å²) >= 11 is 1.73. The van der Waals surface area contributed by atoms with Crippen LogP contribution in [0.2, 0.25) is 0 Å². The predicted molar refractivity (Wildman–Crippen MR) is 74.9 cm³/mol. The molecule has 2 rings (SSSR count). The van der Waals surface area contributed by atoms with Crippen molar-refractivity contribution in [2.45, 2.75) is 39.3 Å². The maximum absolute atomic E-state index is 4.53. The first-order chi connectivity index (χ1) is 8.74. The van der Waals surface area contributed by atoms with Gasteiger partial charge in [-0.25, -0.2) is 4.98 Å². The first-order valence-electron chi connectivity index (χ1n) is 6.34. The van der Waals surface area contributed by atoms with E-state index in [1.807, 2.05) is 20.2 Å². The largest absolute Gasteiger partial charge is 0.311 e. The fraction of sp³-hybridized carbons (Fsp3) is 0.538. The van der Waals surface area contributed by atoms with E-state index >= 15 is 0 Å². The third-order valence-electron chi connectivity index (χ3n) is 2.94. The van der Waals surface area contributed by atoms with Gasteiger partial charge < -0.3 is 5.32 Å². The van der Waals surface area contributed by atoms with Gasteiger partial charge in [0.25, 0.3) is 0 Å². The van der Waals surface area contributed by atoms with Gasteiger partial charge in [0.15, 0.2) is 0 Å². The van der Waals surface area contributed by atoms with E-state index in [-0.39, 0.29) is 6.04 Å². The van der Waals surface area contributed by atoms with Crippen molar-refractivity contribution in [3.05, 3.63) is 34.0 Å². The lowest BCUT2D eigenvalue weighted by Crippen LogP contribution is -2.22. The van der Waals surface area contributed by atoms with Crippen molar-refractivity contribution in [3.63, 3.8) is 0 Å². The van der Waals surface area contributed by atoms with E-state index in [9.17, 15) is 0 Å². The van der Waals surface area contributed by atoms with Gasteiger partial charge in [0, 0.05) is 30.2 Å². The van der Waals surface area contributed by atoms with Crippen LogP contribution in [0.15, 0.2) is 17.6 Å². The Morgan fingerprint density at radius 3 is 2.94 bits per heavy atom. The molecule has 0 aliphatic rings. The van der Waals surface area contributed by atoms with Gasteiger partial charge in [0.1, 0.15) is 0 Å². The second-order valence-corrected chi connectivity index (χ2v) is 5.35. The van der Waals surface area contributed by atoms with Crippen LogP contribution in [-0.2, 0) is 13.0 Å². The fourth-order valence-corrected chi connectivity index (χ4v) is 2.88. The minimum atomic E-state index is 0.282. The van der Waals surface area contributed by atoms with Crippen LogP contribution in [0.4, 0.5) is 0 Å². The molecule has 1 N–H and O–H groups in total. The smallest absolute Gasteiger partial charge is 0.0947 e. The molecule has 1 unspecified atom stereocenters. The van der Waals surface area contributed by atoms with Gasteiger partial charge in [-0.1, -0.05) is 6.92 Å². The average molecular weight is 264 g/mol. The summed E-state index contributed by atoms with van der Waals surface area (Å²) < 4.78 is 2.08. The minimum absolute atomic E-state index is 0.282. The van der Waals surface area contributed by atoms with Crippen LogP contribution >= 0.6 is 11.3 Å². The Morgan fingerprint density at radius 2 is 2.33 bits per heavy atom. The van der Waals surface area contributed by atoms with Gasteiger partial charge in [-0.2, -0.15) is 5.10 Å². The number of nitrogens with zero attached hydrogens (tertiary/aromatic N) is 3. The second-order valence-electron chi connectivity index (χ2n) is 4.41. The maximum atomic E-state index is 4.53. The molecule has 5 heteroatoms. The van der Waals surface area contributed by atoms with Gasteiger partial charge >= 0.3 is 0 Å². The molecule has 0 aliphatic carbocycles. The van der Waals surface area contributed by atoms with Crippen molar-refractivity contribution in [3.8, 4) is 0 Å². The number of hydrogen-bond donors (Lipinski definition) is 1. The van der Waals surface area contributed by atoms with Crippen molar-refractivity contribution in [1.82, 2.24) is 20.1 Å². The Morgan fingerprint density at radius 1 is 1.50 bits per heavy atom. The Hall–Kier alpha value is -1.20. The first kappa shape index (κ1) is 13.2. The SMILES string of the molecule is CCCn1nccc1C(Cc1nc(C)cs1)NC. The lowest BCUT2D eigenvalue weighted by molar-refractivity contribution is 0.496. The zero-order valence-electron chi connectivity index (χ0n) is 11.2. The lowest BCUT2D eigenvalue weighted by Gasteiger charge is -2.16. The standard InChI is InChI=1S/C13H20N4S/c1-4-7-17-12(5-6-15-17)11(14-3)8-13-16-10(2)9-18-13/h5-6,9,11,14H,4,7-8H2,1-3H3. The molecule has 18 heavy (non-hydrogen) atoms. The van der Waals surface area contributed by atoms with Gasteiger partial charge in [0.05, 0.1) is 16.7 Å². The monoisotopic (exact) mass is 264 g/mol. The summed E-state index contributed by atoms with van der Waals surface area (Å²) in [6, 6.07) is 2.38. The molecule has 0 bridgehead atoms. The second kappa shape index (κ2) is 6.11. The zero-order valence-corrected chi connectivity index (χ0v) is 12.0. The molecule has 1 atom stereocenters. The van der Waals surface area contributed by atoms with Crippen LogP contribution < -0.4 is 5.32 Å². The summed E-state index contributed by atoms with van der Waals surface area (Å²) in [6.45, 7) is 5.18. The molecule has 4 nitrogen and oxygen atoms in total. The van der Waals surface area contributed by atoms with Gasteiger partial charge in [-0.15, -0.1) is 11.3 Å². The van der Waals surface area contributed by atoms with Crippen LogP contribution in [0.25, 0.3) is 0 Å². The Bertz CT molecular complexity index is 489. The highest BCUT2D eigenvalue weighted by Crippen LogP contribution is 2.20. The number of likely N-dealkylation sites (N-methyl/N-ethyl adjacent to an activating group) is 1. The van der Waals surface area contributed by atoms with E-state index in [1.165, 1.54) is 10.7 Å². The van der Waals surface area contributed by atoms with Crippen LogP contribution in [0.5, 0.6) is 0 Å². The summed E-state index contributed by atoms with van der Waals surface area (Å²) in [5, 5.41) is 11.0. The van der Waals surface area contributed by atoms with Crippen molar-refractivity contribution < 1.29 is 0 Å². The van der Waals surface area contributed by atoms with E-state index in [0.29, 0.717) is 0 Å². The van der Waals surface area contributed by atoms with Gasteiger partial charge in [-0.05, 0) is 26.5 Å². The quantitative estimate of drug-likeness (QED) is 0.872. The highest BCUT2D eigenvalue weighted by atomic mass is 32.1. The van der Waals surface area contributed by atoms with E-state index in [1.54, 1.807) is 11.3 Å². The van der Waals surface area contributed by atoms with Crippen LogP contribution in [-0.4, -0.2) is 21.8 Å². The van der Waals surface area contributed by atoms with E-state index in [0.717, 1.165) is 25.1 Å². The molecule has 0 saturated heterocycles. The molecule has 0 aliphatic heterocycles. The van der Waals surface area contributed by atoms with Crippen molar-refractivity contribution in [1.29, 1.82) is 0 Å². The molecule has 0 radical (unpaired) electrons. The number of aryl methyl sites for hydroxylation is 2. The highest BCUT2D eigenvalue weighted by Gasteiger charge is 2.16. The van der Waals surface area contributed by atoms with Crippen LogP contribution in [0.1, 0.15) is 35.8 Å². The van der Waals surface area contributed by atoms with E-state index in [4.69, 9.17) is 0 Å².